The summed E-state index contributed by atoms with van der Waals surface area (Å²) in [5.41, 5.74) is 5.99. The predicted octanol–water partition coefficient (Wildman–Crippen LogP) is 4.74. The van der Waals surface area contributed by atoms with Gasteiger partial charge in [0.15, 0.2) is 0 Å². The Hall–Kier alpha value is -0.480. The van der Waals surface area contributed by atoms with Crippen LogP contribution in [0.1, 0.15) is 33.1 Å². The standard InChI is InChI=1S/C14H19Cl3N2O/c1-14(2,5-6-18)4-3-12(20)19-13-10(16)7-9(15)8-11(13)17/h7-8H,3-6,18H2,1-2H3,(H,19,20). The number of benzene rings is 1. The van der Waals surface area contributed by atoms with E-state index in [4.69, 9.17) is 40.5 Å². The molecule has 0 bridgehead atoms. The van der Waals surface area contributed by atoms with Crippen LogP contribution in [-0.4, -0.2) is 12.5 Å². The molecule has 20 heavy (non-hydrogen) atoms. The maximum atomic E-state index is 12.0. The van der Waals surface area contributed by atoms with E-state index in [2.05, 4.69) is 19.2 Å². The second-order valence-corrected chi connectivity index (χ2v) is 6.75. The van der Waals surface area contributed by atoms with Gasteiger partial charge in [0.05, 0.1) is 15.7 Å². The molecule has 0 fully saturated rings. The summed E-state index contributed by atoms with van der Waals surface area (Å²) in [6, 6.07) is 3.09. The van der Waals surface area contributed by atoms with Crippen molar-refractivity contribution >= 4 is 46.4 Å². The molecule has 0 aliphatic carbocycles. The number of hydrogen-bond acceptors (Lipinski definition) is 2. The number of nitrogens with two attached hydrogens (primary N) is 1. The number of hydrogen-bond donors (Lipinski definition) is 2. The summed E-state index contributed by atoms with van der Waals surface area (Å²) in [7, 11) is 0. The van der Waals surface area contributed by atoms with Crippen molar-refractivity contribution in [1.29, 1.82) is 0 Å². The lowest BCUT2D eigenvalue weighted by Crippen LogP contribution is -2.20. The number of carbonyl (C=O) groups is 1. The predicted molar refractivity (Wildman–Crippen MR) is 86.8 cm³/mol. The van der Waals surface area contributed by atoms with Crippen LogP contribution in [0, 0.1) is 5.41 Å². The fraction of sp³-hybridized carbons (Fsp3) is 0.500. The van der Waals surface area contributed by atoms with E-state index in [1.165, 1.54) is 0 Å². The molecule has 1 aromatic rings. The highest BCUT2D eigenvalue weighted by atomic mass is 35.5. The molecule has 0 unspecified atom stereocenters. The zero-order chi connectivity index (χ0) is 15.3. The zero-order valence-corrected chi connectivity index (χ0v) is 13.9. The third-order valence-corrected chi connectivity index (χ3v) is 3.94. The van der Waals surface area contributed by atoms with E-state index in [0.29, 0.717) is 33.7 Å². The first-order valence-corrected chi connectivity index (χ1v) is 7.53. The average Bonchev–Trinajstić information content (AvgIpc) is 2.31. The Kier molecular flexibility index (Phi) is 6.59. The number of nitrogens with one attached hydrogen (secondary N) is 1. The lowest BCUT2D eigenvalue weighted by molar-refractivity contribution is -0.116. The van der Waals surface area contributed by atoms with E-state index >= 15 is 0 Å². The van der Waals surface area contributed by atoms with Crippen molar-refractivity contribution in [2.75, 3.05) is 11.9 Å². The van der Waals surface area contributed by atoms with Crippen LogP contribution >= 0.6 is 34.8 Å². The van der Waals surface area contributed by atoms with Crippen LogP contribution in [0.25, 0.3) is 0 Å². The van der Waals surface area contributed by atoms with Crippen molar-refractivity contribution in [3.63, 3.8) is 0 Å². The number of amides is 1. The van der Waals surface area contributed by atoms with Gasteiger partial charge in [0, 0.05) is 11.4 Å². The molecule has 0 saturated heterocycles. The molecule has 0 aliphatic rings. The van der Waals surface area contributed by atoms with E-state index in [-0.39, 0.29) is 11.3 Å². The average molecular weight is 338 g/mol. The smallest absolute Gasteiger partial charge is 0.224 e. The van der Waals surface area contributed by atoms with Crippen LogP contribution in [0.2, 0.25) is 15.1 Å². The van der Waals surface area contributed by atoms with Gasteiger partial charge >= 0.3 is 0 Å². The van der Waals surface area contributed by atoms with Crippen LogP contribution in [-0.2, 0) is 4.79 Å². The van der Waals surface area contributed by atoms with Crippen molar-refractivity contribution in [3.8, 4) is 0 Å². The van der Waals surface area contributed by atoms with Gasteiger partial charge in [0.25, 0.3) is 0 Å². The molecular weight excluding hydrogens is 319 g/mol. The highest BCUT2D eigenvalue weighted by Gasteiger charge is 2.19. The summed E-state index contributed by atoms with van der Waals surface area (Å²) in [6.45, 7) is 4.80. The molecule has 3 nitrogen and oxygen atoms in total. The van der Waals surface area contributed by atoms with Gasteiger partial charge in [-0.1, -0.05) is 48.7 Å². The molecule has 112 valence electrons. The molecular formula is C14H19Cl3N2O. The van der Waals surface area contributed by atoms with Crippen molar-refractivity contribution in [2.45, 2.75) is 33.1 Å². The molecule has 1 rings (SSSR count). The van der Waals surface area contributed by atoms with Crippen LogP contribution in [0.3, 0.4) is 0 Å². The summed E-state index contributed by atoms with van der Waals surface area (Å²) in [4.78, 5) is 12.0. The maximum Gasteiger partial charge on any atom is 0.224 e. The molecule has 0 atom stereocenters. The third kappa shape index (κ3) is 5.49. The van der Waals surface area contributed by atoms with Gasteiger partial charge in [-0.2, -0.15) is 0 Å². The topological polar surface area (TPSA) is 55.1 Å². The first-order valence-electron chi connectivity index (χ1n) is 6.39. The number of carbonyl (C=O) groups excluding carboxylic acids is 1. The van der Waals surface area contributed by atoms with Gasteiger partial charge in [-0.3, -0.25) is 4.79 Å². The van der Waals surface area contributed by atoms with Gasteiger partial charge in [-0.15, -0.1) is 0 Å². The highest BCUT2D eigenvalue weighted by molar-refractivity contribution is 6.42. The molecule has 6 heteroatoms. The first-order chi connectivity index (χ1) is 9.25. The molecule has 0 aliphatic heterocycles. The summed E-state index contributed by atoms with van der Waals surface area (Å²) in [6.07, 6.45) is 2.02. The number of halogens is 3. The Morgan fingerprint density at radius 2 is 1.75 bits per heavy atom. The molecule has 0 aromatic heterocycles. The minimum atomic E-state index is -0.124. The molecule has 0 saturated carbocycles. The molecule has 3 N–H and O–H groups in total. The molecule has 1 aromatic carbocycles. The second-order valence-electron chi connectivity index (χ2n) is 5.50. The lowest BCUT2D eigenvalue weighted by atomic mass is 9.84. The van der Waals surface area contributed by atoms with Gasteiger partial charge in [-0.25, -0.2) is 0 Å². The van der Waals surface area contributed by atoms with E-state index in [0.717, 1.165) is 12.8 Å². The second kappa shape index (κ2) is 7.51. The molecule has 0 heterocycles. The quantitative estimate of drug-likeness (QED) is 0.787. The summed E-state index contributed by atoms with van der Waals surface area (Å²) in [5, 5.41) is 3.82. The number of rotatable bonds is 6. The van der Waals surface area contributed by atoms with Gasteiger partial charge in [0.2, 0.25) is 5.91 Å². The Morgan fingerprint density at radius 3 is 2.25 bits per heavy atom. The minimum absolute atomic E-state index is 0.0413. The van der Waals surface area contributed by atoms with Gasteiger partial charge in [-0.05, 0) is 36.9 Å². The van der Waals surface area contributed by atoms with Crippen molar-refractivity contribution in [2.24, 2.45) is 11.1 Å². The third-order valence-electron chi connectivity index (χ3n) is 3.12. The maximum absolute atomic E-state index is 12.0. The zero-order valence-electron chi connectivity index (χ0n) is 11.6. The van der Waals surface area contributed by atoms with E-state index < -0.39 is 0 Å². The molecule has 1 amide bonds. The molecule has 0 radical (unpaired) electrons. The monoisotopic (exact) mass is 336 g/mol. The van der Waals surface area contributed by atoms with E-state index in [1.807, 2.05) is 0 Å². The van der Waals surface area contributed by atoms with Crippen molar-refractivity contribution < 1.29 is 4.79 Å². The van der Waals surface area contributed by atoms with Crippen molar-refractivity contribution in [3.05, 3.63) is 27.2 Å². The Bertz CT molecular complexity index is 466. The summed E-state index contributed by atoms with van der Waals surface area (Å²) >= 11 is 17.9. The largest absolute Gasteiger partial charge is 0.330 e. The van der Waals surface area contributed by atoms with Crippen LogP contribution in [0.4, 0.5) is 5.69 Å². The van der Waals surface area contributed by atoms with Gasteiger partial charge in [0.1, 0.15) is 0 Å². The van der Waals surface area contributed by atoms with Gasteiger partial charge < -0.3 is 11.1 Å². The lowest BCUT2D eigenvalue weighted by Gasteiger charge is -2.23. The van der Waals surface area contributed by atoms with Crippen LogP contribution in [0.15, 0.2) is 12.1 Å². The van der Waals surface area contributed by atoms with Crippen LogP contribution < -0.4 is 11.1 Å². The summed E-state index contributed by atoms with van der Waals surface area (Å²) in [5.74, 6) is -0.124. The first kappa shape index (κ1) is 17.6. The number of anilines is 1. The Labute approximate surface area is 134 Å². The molecule has 0 spiro atoms. The highest BCUT2D eigenvalue weighted by Crippen LogP contribution is 2.34. The Balaban J connectivity index is 2.64. The normalized spacial score (nSPS) is 11.5. The minimum Gasteiger partial charge on any atom is -0.330 e. The summed E-state index contributed by atoms with van der Waals surface area (Å²) < 4.78 is 0. The Morgan fingerprint density at radius 1 is 1.20 bits per heavy atom. The fourth-order valence-corrected chi connectivity index (χ4v) is 2.74. The van der Waals surface area contributed by atoms with Crippen LogP contribution in [0.5, 0.6) is 0 Å². The van der Waals surface area contributed by atoms with Crippen molar-refractivity contribution in [1.82, 2.24) is 0 Å². The fourth-order valence-electron chi connectivity index (χ4n) is 1.83. The SMILES string of the molecule is CC(C)(CCN)CCC(=O)Nc1c(Cl)cc(Cl)cc1Cl. The van der Waals surface area contributed by atoms with E-state index in [9.17, 15) is 4.79 Å². The van der Waals surface area contributed by atoms with E-state index in [1.54, 1.807) is 12.1 Å².